The Hall–Kier alpha value is -5.35. The van der Waals surface area contributed by atoms with E-state index in [0.717, 1.165) is 0 Å². The van der Waals surface area contributed by atoms with E-state index in [1.54, 1.807) is 69.3 Å². The van der Waals surface area contributed by atoms with Crippen molar-refractivity contribution in [3.63, 3.8) is 0 Å². The Kier molecular flexibility index (Phi) is 11.6. The minimum atomic E-state index is -3.78. The van der Waals surface area contributed by atoms with Crippen LogP contribution in [0.5, 0.6) is 0 Å². The molecule has 2 atom stereocenters. The molecule has 3 aromatic rings. The molecule has 0 aliphatic carbocycles. The Morgan fingerprint density at radius 1 is 0.942 bits per heavy atom. The third-order valence-corrected chi connectivity index (χ3v) is 10.5. The summed E-state index contributed by atoms with van der Waals surface area (Å²) >= 11 is 0. The number of anilines is 1. The van der Waals surface area contributed by atoms with Gasteiger partial charge in [0.05, 0.1) is 17.4 Å². The number of nitrogens with one attached hydrogen (secondary N) is 4. The van der Waals surface area contributed by atoms with E-state index in [1.165, 1.54) is 27.4 Å². The highest BCUT2D eigenvalue weighted by Gasteiger charge is 2.38. The quantitative estimate of drug-likeness (QED) is 0.213. The summed E-state index contributed by atoms with van der Waals surface area (Å²) in [6.07, 6.45) is -0.589. The number of aromatic amines is 1. The van der Waals surface area contributed by atoms with Crippen LogP contribution in [0.15, 0.2) is 76.4 Å². The molecule has 0 bridgehead atoms. The van der Waals surface area contributed by atoms with Gasteiger partial charge in [-0.3, -0.25) is 29.3 Å². The standard InChI is InChI=1S/C36H42N6O9S/c1-36(2,3)51-35(48)40-28-13-12-27(39-33(28)46)24-9-7-8-23(20-24)21-30(43)38-29(22-25-14-15-37-32(25)45)31(44)34(47)41-16-18-42(19-17-41)52(49,50)26-10-5-4-6-11-26/h4-13,20,25,29H,14-19,21-22H2,1-3H3,(H,37,45)(H,38,43)(H,39,46)(H,40,48)/t25-,29-/m0/s1. The Morgan fingerprint density at radius 2 is 1.65 bits per heavy atom. The highest BCUT2D eigenvalue weighted by molar-refractivity contribution is 7.89. The molecule has 4 N–H and O–H groups in total. The van der Waals surface area contributed by atoms with Crippen LogP contribution in [-0.2, 0) is 40.4 Å². The van der Waals surface area contributed by atoms with Crippen LogP contribution in [0.25, 0.3) is 11.3 Å². The van der Waals surface area contributed by atoms with Crippen molar-refractivity contribution in [3.05, 3.63) is 82.6 Å². The average Bonchev–Trinajstić information content (AvgIpc) is 3.51. The van der Waals surface area contributed by atoms with Gasteiger partial charge < -0.3 is 25.3 Å². The number of H-pyrrole nitrogens is 1. The number of benzene rings is 2. The minimum Gasteiger partial charge on any atom is -0.444 e. The van der Waals surface area contributed by atoms with Crippen molar-refractivity contribution in [2.45, 2.75) is 56.6 Å². The zero-order valence-corrected chi connectivity index (χ0v) is 30.0. The van der Waals surface area contributed by atoms with Gasteiger partial charge in [-0.1, -0.05) is 36.4 Å². The lowest BCUT2D eigenvalue weighted by atomic mass is 9.94. The number of carbonyl (C=O) groups is 5. The fraction of sp³-hybridized carbons (Fsp3) is 0.389. The minimum absolute atomic E-state index is 0.00571. The number of amides is 4. The molecule has 1 aromatic heterocycles. The number of ether oxygens (including phenoxy) is 1. The largest absolute Gasteiger partial charge is 0.444 e. The van der Waals surface area contributed by atoms with Crippen molar-refractivity contribution in [1.82, 2.24) is 24.8 Å². The van der Waals surface area contributed by atoms with Gasteiger partial charge >= 0.3 is 6.09 Å². The topological polar surface area (TPSA) is 204 Å². The van der Waals surface area contributed by atoms with Gasteiger partial charge in [-0.25, -0.2) is 13.2 Å². The molecule has 0 radical (unpaired) electrons. The molecule has 0 saturated carbocycles. The van der Waals surface area contributed by atoms with E-state index < -0.39 is 56.8 Å². The second-order valence-electron chi connectivity index (χ2n) is 13.6. The van der Waals surface area contributed by atoms with Crippen LogP contribution in [0.2, 0.25) is 0 Å². The zero-order chi connectivity index (χ0) is 37.6. The third kappa shape index (κ3) is 9.50. The summed E-state index contributed by atoms with van der Waals surface area (Å²) in [5, 5.41) is 7.79. The maximum atomic E-state index is 13.6. The molecule has 2 aliphatic rings. The predicted octanol–water partition coefficient (Wildman–Crippen LogP) is 2.04. The SMILES string of the molecule is CC(C)(C)OC(=O)Nc1ccc(-c2cccc(CC(=O)N[C@@H](C[C@@H]3CCNC3=O)C(=O)C(=O)N3CCN(S(=O)(=O)c4ccccc4)CC3)c2)[nH]c1=O. The molecule has 0 unspecified atom stereocenters. The molecule has 3 heterocycles. The van der Waals surface area contributed by atoms with Crippen molar-refractivity contribution >= 4 is 45.3 Å². The van der Waals surface area contributed by atoms with E-state index in [1.807, 2.05) is 0 Å². The molecule has 16 heteroatoms. The molecule has 2 fully saturated rings. The van der Waals surface area contributed by atoms with Gasteiger partial charge in [-0.05, 0) is 75.1 Å². The number of aromatic nitrogens is 1. The fourth-order valence-electron chi connectivity index (χ4n) is 6.00. The number of ketones is 1. The van der Waals surface area contributed by atoms with Crippen molar-refractivity contribution < 1.29 is 37.1 Å². The first-order valence-corrected chi connectivity index (χ1v) is 18.3. The molecular weight excluding hydrogens is 692 g/mol. The summed E-state index contributed by atoms with van der Waals surface area (Å²) in [4.78, 5) is 81.7. The molecule has 2 aromatic carbocycles. The molecule has 0 spiro atoms. The summed E-state index contributed by atoms with van der Waals surface area (Å²) in [6, 6.07) is 16.5. The lowest BCUT2D eigenvalue weighted by Crippen LogP contribution is -2.55. The summed E-state index contributed by atoms with van der Waals surface area (Å²) in [6.45, 7) is 5.46. The number of nitrogens with zero attached hydrogens (tertiary/aromatic N) is 2. The molecule has 2 aliphatic heterocycles. The highest BCUT2D eigenvalue weighted by Crippen LogP contribution is 2.22. The Bertz CT molecular complexity index is 2000. The molecule has 15 nitrogen and oxygen atoms in total. The highest BCUT2D eigenvalue weighted by atomic mass is 32.2. The predicted molar refractivity (Wildman–Crippen MR) is 191 cm³/mol. The first-order valence-electron chi connectivity index (χ1n) is 16.9. The van der Waals surface area contributed by atoms with E-state index in [4.69, 9.17) is 4.74 Å². The van der Waals surface area contributed by atoms with E-state index in [2.05, 4.69) is 20.9 Å². The first kappa shape index (κ1) is 37.9. The number of pyridine rings is 1. The van der Waals surface area contributed by atoms with Gasteiger partial charge in [0.15, 0.2) is 0 Å². The Labute approximate surface area is 301 Å². The van der Waals surface area contributed by atoms with Gasteiger partial charge in [0, 0.05) is 44.3 Å². The normalized spacial score (nSPS) is 17.2. The van der Waals surface area contributed by atoms with Gasteiger partial charge in [0.1, 0.15) is 11.3 Å². The number of rotatable bonds is 11. The van der Waals surface area contributed by atoms with Crippen LogP contribution in [0, 0.1) is 5.92 Å². The zero-order valence-electron chi connectivity index (χ0n) is 29.1. The van der Waals surface area contributed by atoms with Crippen molar-refractivity contribution in [1.29, 1.82) is 0 Å². The molecule has 5 rings (SSSR count). The van der Waals surface area contributed by atoms with Crippen molar-refractivity contribution in [2.75, 3.05) is 38.0 Å². The van der Waals surface area contributed by atoms with Crippen LogP contribution in [-0.4, -0.2) is 96.6 Å². The van der Waals surface area contributed by atoms with Gasteiger partial charge in [0.2, 0.25) is 27.6 Å². The van der Waals surface area contributed by atoms with Crippen LogP contribution in [0.4, 0.5) is 10.5 Å². The molecular formula is C36H42N6O9S. The van der Waals surface area contributed by atoms with E-state index in [9.17, 15) is 37.2 Å². The second-order valence-corrected chi connectivity index (χ2v) is 15.6. The van der Waals surface area contributed by atoms with Gasteiger partial charge in [0.25, 0.3) is 11.5 Å². The summed E-state index contributed by atoms with van der Waals surface area (Å²) < 4.78 is 32.5. The molecule has 2 saturated heterocycles. The lowest BCUT2D eigenvalue weighted by Gasteiger charge is -2.34. The van der Waals surface area contributed by atoms with E-state index in [0.29, 0.717) is 29.8 Å². The van der Waals surface area contributed by atoms with Gasteiger partial charge in [-0.2, -0.15) is 4.31 Å². The number of hydrogen-bond donors (Lipinski definition) is 4. The van der Waals surface area contributed by atoms with E-state index in [-0.39, 0.29) is 55.5 Å². The molecule has 52 heavy (non-hydrogen) atoms. The lowest BCUT2D eigenvalue weighted by molar-refractivity contribution is -0.147. The van der Waals surface area contributed by atoms with Crippen LogP contribution < -0.4 is 21.5 Å². The monoisotopic (exact) mass is 734 g/mol. The Morgan fingerprint density at radius 3 is 2.29 bits per heavy atom. The summed E-state index contributed by atoms with van der Waals surface area (Å²) in [5.41, 5.74) is 0.221. The maximum Gasteiger partial charge on any atom is 0.412 e. The average molecular weight is 735 g/mol. The molecule has 4 amide bonds. The second kappa shape index (κ2) is 15.9. The van der Waals surface area contributed by atoms with Crippen LogP contribution in [0.3, 0.4) is 0 Å². The van der Waals surface area contributed by atoms with Crippen LogP contribution >= 0.6 is 0 Å². The number of piperazine rings is 1. The maximum absolute atomic E-state index is 13.6. The van der Waals surface area contributed by atoms with Crippen molar-refractivity contribution in [3.8, 4) is 11.3 Å². The van der Waals surface area contributed by atoms with Crippen LogP contribution in [0.1, 0.15) is 39.2 Å². The summed E-state index contributed by atoms with van der Waals surface area (Å²) in [7, 11) is -3.78. The number of Topliss-reactive ketones (excluding diaryl/α,β-unsaturated/α-hetero) is 1. The Balaban J connectivity index is 1.24. The van der Waals surface area contributed by atoms with Gasteiger partial charge in [-0.15, -0.1) is 0 Å². The third-order valence-electron chi connectivity index (χ3n) is 8.60. The first-order chi connectivity index (χ1) is 24.6. The smallest absolute Gasteiger partial charge is 0.412 e. The van der Waals surface area contributed by atoms with Crippen molar-refractivity contribution in [2.24, 2.45) is 5.92 Å². The molecule has 276 valence electrons. The number of carbonyl (C=O) groups excluding carboxylic acids is 5. The number of sulfonamides is 1. The number of hydrogen-bond acceptors (Lipinski definition) is 9. The summed E-state index contributed by atoms with van der Waals surface area (Å²) in [5.74, 6) is -3.17. The fourth-order valence-corrected chi connectivity index (χ4v) is 7.44. The van der Waals surface area contributed by atoms with E-state index >= 15 is 0 Å².